The van der Waals surface area contributed by atoms with Crippen molar-refractivity contribution in [1.29, 1.82) is 0 Å². The first-order valence-electron chi connectivity index (χ1n) is 10.9. The fourth-order valence-corrected chi connectivity index (χ4v) is 5.53. The number of hydrogen-bond donors (Lipinski definition) is 1. The molecule has 1 aliphatic heterocycles. The van der Waals surface area contributed by atoms with Crippen LogP contribution in [0.15, 0.2) is 60.9 Å². The van der Waals surface area contributed by atoms with Crippen LogP contribution < -0.4 is 10.6 Å². The highest BCUT2D eigenvalue weighted by Gasteiger charge is 2.45. The standard InChI is InChI=1S/C25H23ClFN5/c26-19-6-3-7-21(23(19)27)32-15-17-14-29-22(12-20(17)30-32)31-10-8-25(9-11-31)13-16-4-1-2-5-18(16)24(25)28/h1-7,12,14-15,24H,8-11,13,28H2/t24-/m1/s1. The molecule has 2 aromatic heterocycles. The van der Waals surface area contributed by atoms with Crippen LogP contribution in [0.1, 0.15) is 30.0 Å². The van der Waals surface area contributed by atoms with Gasteiger partial charge in [0, 0.05) is 43.0 Å². The number of benzene rings is 2. The Kier molecular flexibility index (Phi) is 4.49. The number of rotatable bonds is 2. The molecule has 4 aromatic rings. The predicted octanol–water partition coefficient (Wildman–Crippen LogP) is 5.06. The Morgan fingerprint density at radius 2 is 1.91 bits per heavy atom. The van der Waals surface area contributed by atoms with Gasteiger partial charge in [-0.1, -0.05) is 41.9 Å². The van der Waals surface area contributed by atoms with Gasteiger partial charge in [0.15, 0.2) is 5.82 Å². The van der Waals surface area contributed by atoms with Crippen molar-refractivity contribution in [3.8, 4) is 5.69 Å². The lowest BCUT2D eigenvalue weighted by molar-refractivity contribution is 0.187. The van der Waals surface area contributed by atoms with Gasteiger partial charge in [-0.3, -0.25) is 0 Å². The molecule has 32 heavy (non-hydrogen) atoms. The summed E-state index contributed by atoms with van der Waals surface area (Å²) in [5.74, 6) is 0.415. The molecule has 0 saturated carbocycles. The summed E-state index contributed by atoms with van der Waals surface area (Å²) in [6.07, 6.45) is 6.70. The van der Waals surface area contributed by atoms with Gasteiger partial charge in [0.05, 0.1) is 10.5 Å². The van der Waals surface area contributed by atoms with E-state index < -0.39 is 5.82 Å². The fraction of sp³-hybridized carbons (Fsp3) is 0.280. The smallest absolute Gasteiger partial charge is 0.167 e. The Hall–Kier alpha value is -2.96. The summed E-state index contributed by atoms with van der Waals surface area (Å²) in [6, 6.07) is 15.6. The maximum Gasteiger partial charge on any atom is 0.167 e. The largest absolute Gasteiger partial charge is 0.357 e. The Balaban J connectivity index is 1.24. The van der Waals surface area contributed by atoms with Gasteiger partial charge in [-0.15, -0.1) is 0 Å². The Labute approximate surface area is 190 Å². The highest BCUT2D eigenvalue weighted by atomic mass is 35.5. The molecule has 0 amide bonds. The van der Waals surface area contributed by atoms with Gasteiger partial charge in [0.2, 0.25) is 0 Å². The number of pyridine rings is 1. The second kappa shape index (κ2) is 7.29. The minimum atomic E-state index is -0.481. The van der Waals surface area contributed by atoms with Crippen molar-refractivity contribution in [2.75, 3.05) is 18.0 Å². The van der Waals surface area contributed by atoms with Gasteiger partial charge >= 0.3 is 0 Å². The molecule has 1 spiro atoms. The average molecular weight is 448 g/mol. The monoisotopic (exact) mass is 447 g/mol. The van der Waals surface area contributed by atoms with Gasteiger partial charge in [-0.2, -0.15) is 5.10 Å². The highest BCUT2D eigenvalue weighted by Crippen LogP contribution is 2.50. The third-order valence-electron chi connectivity index (χ3n) is 7.23. The van der Waals surface area contributed by atoms with Gasteiger partial charge in [0.25, 0.3) is 0 Å². The molecule has 7 heteroatoms. The zero-order chi connectivity index (χ0) is 21.9. The molecule has 0 radical (unpaired) electrons. The van der Waals surface area contributed by atoms with Crippen molar-refractivity contribution >= 4 is 28.3 Å². The minimum Gasteiger partial charge on any atom is -0.357 e. The second-order valence-corrected chi connectivity index (χ2v) is 9.36. The first kappa shape index (κ1) is 19.7. The molecule has 2 aromatic carbocycles. The molecule has 162 valence electrons. The maximum absolute atomic E-state index is 14.4. The lowest BCUT2D eigenvalue weighted by atomic mass is 9.73. The molecule has 5 nitrogen and oxygen atoms in total. The van der Waals surface area contributed by atoms with Gasteiger partial charge in [0.1, 0.15) is 11.5 Å². The van der Waals surface area contributed by atoms with Gasteiger partial charge in [-0.05, 0) is 47.9 Å². The predicted molar refractivity (Wildman–Crippen MR) is 125 cm³/mol. The topological polar surface area (TPSA) is 60.0 Å². The molecule has 2 aliphatic rings. The van der Waals surface area contributed by atoms with Crippen molar-refractivity contribution in [1.82, 2.24) is 14.8 Å². The van der Waals surface area contributed by atoms with Crippen molar-refractivity contribution in [3.63, 3.8) is 0 Å². The van der Waals surface area contributed by atoms with Crippen LogP contribution in [0.4, 0.5) is 10.2 Å². The molecule has 2 N–H and O–H groups in total. The van der Waals surface area contributed by atoms with Gasteiger partial charge < -0.3 is 10.6 Å². The first-order valence-corrected chi connectivity index (χ1v) is 11.3. The zero-order valence-electron chi connectivity index (χ0n) is 17.5. The van der Waals surface area contributed by atoms with Crippen LogP contribution in [-0.4, -0.2) is 27.9 Å². The molecular weight excluding hydrogens is 425 g/mol. The summed E-state index contributed by atoms with van der Waals surface area (Å²) in [5, 5.41) is 5.52. The number of halogens is 2. The molecular formula is C25H23ClFN5. The maximum atomic E-state index is 14.4. The fourth-order valence-electron chi connectivity index (χ4n) is 5.36. The van der Waals surface area contributed by atoms with Crippen LogP contribution in [0.2, 0.25) is 5.02 Å². The van der Waals surface area contributed by atoms with E-state index >= 15 is 0 Å². The number of nitrogens with zero attached hydrogens (tertiary/aromatic N) is 4. The quantitative estimate of drug-likeness (QED) is 0.467. The lowest BCUT2D eigenvalue weighted by Gasteiger charge is -2.42. The molecule has 1 saturated heterocycles. The van der Waals surface area contributed by atoms with Gasteiger partial charge in [-0.25, -0.2) is 14.1 Å². The van der Waals surface area contributed by atoms with E-state index in [0.717, 1.165) is 49.1 Å². The lowest BCUT2D eigenvalue weighted by Crippen LogP contribution is -2.44. The Bertz CT molecular complexity index is 1330. The number of anilines is 1. The summed E-state index contributed by atoms with van der Waals surface area (Å²) < 4.78 is 16.0. The van der Waals surface area contributed by atoms with Crippen molar-refractivity contribution in [2.24, 2.45) is 11.1 Å². The Morgan fingerprint density at radius 3 is 2.72 bits per heavy atom. The van der Waals surface area contributed by atoms with E-state index in [1.807, 2.05) is 6.07 Å². The third-order valence-corrected chi connectivity index (χ3v) is 7.52. The van der Waals surface area contributed by atoms with E-state index in [1.54, 1.807) is 24.5 Å². The highest BCUT2D eigenvalue weighted by molar-refractivity contribution is 6.30. The van der Waals surface area contributed by atoms with Crippen molar-refractivity contribution < 1.29 is 4.39 Å². The van der Waals surface area contributed by atoms with E-state index in [-0.39, 0.29) is 16.5 Å². The van der Waals surface area contributed by atoms with E-state index in [9.17, 15) is 4.39 Å². The van der Waals surface area contributed by atoms with Crippen LogP contribution in [-0.2, 0) is 6.42 Å². The molecule has 1 fully saturated rings. The second-order valence-electron chi connectivity index (χ2n) is 8.95. The van der Waals surface area contributed by atoms with Crippen LogP contribution >= 0.6 is 11.6 Å². The Morgan fingerprint density at radius 1 is 1.09 bits per heavy atom. The molecule has 1 atom stereocenters. The van der Waals surface area contributed by atoms with E-state index in [2.05, 4.69) is 39.2 Å². The van der Waals surface area contributed by atoms with Crippen LogP contribution in [0, 0.1) is 11.2 Å². The average Bonchev–Trinajstić information content (AvgIpc) is 3.35. The molecule has 0 unspecified atom stereocenters. The van der Waals surface area contributed by atoms with E-state index in [0.29, 0.717) is 5.69 Å². The van der Waals surface area contributed by atoms with Crippen LogP contribution in [0.5, 0.6) is 0 Å². The summed E-state index contributed by atoms with van der Waals surface area (Å²) in [7, 11) is 0. The first-order chi connectivity index (χ1) is 15.5. The molecule has 6 rings (SSSR count). The number of fused-ring (bicyclic) bond motifs is 2. The summed E-state index contributed by atoms with van der Waals surface area (Å²) in [5.41, 5.74) is 10.6. The molecule has 3 heterocycles. The summed E-state index contributed by atoms with van der Waals surface area (Å²) in [4.78, 5) is 6.98. The van der Waals surface area contributed by atoms with Crippen LogP contribution in [0.25, 0.3) is 16.6 Å². The molecule has 1 aliphatic carbocycles. The van der Waals surface area contributed by atoms with Crippen molar-refractivity contribution in [2.45, 2.75) is 25.3 Å². The number of piperidine rings is 1. The zero-order valence-corrected chi connectivity index (χ0v) is 18.3. The SMILES string of the molecule is N[C@@H]1c2ccccc2CC12CCN(c1cc3nn(-c4cccc(Cl)c4F)cc3cn1)CC2. The number of nitrogens with two attached hydrogens (primary N) is 1. The summed E-state index contributed by atoms with van der Waals surface area (Å²) in [6.45, 7) is 1.81. The third kappa shape index (κ3) is 3.01. The van der Waals surface area contributed by atoms with Crippen LogP contribution in [0.3, 0.4) is 0 Å². The van der Waals surface area contributed by atoms with E-state index in [1.165, 1.54) is 21.9 Å². The minimum absolute atomic E-state index is 0.0791. The van der Waals surface area contributed by atoms with Crippen molar-refractivity contribution in [3.05, 3.63) is 82.9 Å². The normalized spacial score (nSPS) is 19.6. The number of aromatic nitrogens is 3. The summed E-state index contributed by atoms with van der Waals surface area (Å²) >= 11 is 5.94. The van der Waals surface area contributed by atoms with E-state index in [4.69, 9.17) is 17.3 Å². The molecule has 0 bridgehead atoms. The number of hydrogen-bond acceptors (Lipinski definition) is 4.